The van der Waals surface area contributed by atoms with Gasteiger partial charge in [-0.3, -0.25) is 9.58 Å². The lowest BCUT2D eigenvalue weighted by molar-refractivity contribution is 0.0957. The Labute approximate surface area is 129 Å². The molecule has 1 fully saturated rings. The zero-order valence-corrected chi connectivity index (χ0v) is 13.1. The fraction of sp³-hybridized carbons (Fsp3) is 0.533. The van der Waals surface area contributed by atoms with Gasteiger partial charge in [-0.25, -0.2) is 0 Å². The van der Waals surface area contributed by atoms with Gasteiger partial charge in [0, 0.05) is 59.2 Å². The number of aromatic nitrogens is 4. The maximum atomic E-state index is 9.04. The molecule has 7 heteroatoms. The number of rotatable bonds is 4. The molecule has 1 aliphatic rings. The molecule has 22 heavy (non-hydrogen) atoms. The molecule has 0 amide bonds. The van der Waals surface area contributed by atoms with E-state index in [1.807, 2.05) is 37.1 Å². The van der Waals surface area contributed by atoms with Crippen molar-refractivity contribution in [3.63, 3.8) is 0 Å². The standard InChI is InChI=1S/C15H20N6O/c1-19-6-11(4-12(19)5-16)7-21-8-13(15(10-21)22-3)14-9-20(2)18-17-14/h4,6,9,13,15H,7-8,10H2,1-3H3/t13-,15+/m0/s1. The number of likely N-dealkylation sites (tertiary alicyclic amines) is 1. The maximum absolute atomic E-state index is 9.04. The van der Waals surface area contributed by atoms with E-state index in [1.54, 1.807) is 11.8 Å². The van der Waals surface area contributed by atoms with E-state index in [2.05, 4.69) is 21.3 Å². The molecule has 2 aromatic rings. The van der Waals surface area contributed by atoms with Gasteiger partial charge in [0.1, 0.15) is 11.8 Å². The largest absolute Gasteiger partial charge is 0.379 e. The molecule has 1 saturated heterocycles. The monoisotopic (exact) mass is 300 g/mol. The number of nitrogens with zero attached hydrogens (tertiary/aromatic N) is 6. The van der Waals surface area contributed by atoms with Crippen LogP contribution >= 0.6 is 0 Å². The number of methoxy groups -OCH3 is 1. The van der Waals surface area contributed by atoms with E-state index in [1.165, 1.54) is 0 Å². The first kappa shape index (κ1) is 14.8. The molecule has 0 unspecified atom stereocenters. The van der Waals surface area contributed by atoms with Crippen LogP contribution in [0.25, 0.3) is 0 Å². The van der Waals surface area contributed by atoms with Crippen LogP contribution in [0.1, 0.15) is 22.9 Å². The van der Waals surface area contributed by atoms with Crippen LogP contribution in [0.15, 0.2) is 18.5 Å². The summed E-state index contributed by atoms with van der Waals surface area (Å²) in [6, 6.07) is 4.14. The average molecular weight is 300 g/mol. The van der Waals surface area contributed by atoms with Gasteiger partial charge in [-0.1, -0.05) is 5.21 Å². The Morgan fingerprint density at radius 1 is 1.36 bits per heavy atom. The quantitative estimate of drug-likeness (QED) is 0.828. The highest BCUT2D eigenvalue weighted by molar-refractivity contribution is 5.28. The Morgan fingerprint density at radius 3 is 2.77 bits per heavy atom. The van der Waals surface area contributed by atoms with E-state index in [0.29, 0.717) is 5.69 Å². The highest BCUT2D eigenvalue weighted by Gasteiger charge is 2.35. The van der Waals surface area contributed by atoms with Gasteiger partial charge in [-0.15, -0.1) is 5.10 Å². The van der Waals surface area contributed by atoms with Crippen molar-refractivity contribution >= 4 is 0 Å². The molecule has 1 aliphatic heterocycles. The Balaban J connectivity index is 1.72. The van der Waals surface area contributed by atoms with Crippen molar-refractivity contribution in [2.24, 2.45) is 14.1 Å². The molecular formula is C15H20N6O. The molecule has 0 aliphatic carbocycles. The third-order valence-electron chi connectivity index (χ3n) is 4.23. The first-order valence-corrected chi connectivity index (χ1v) is 7.27. The van der Waals surface area contributed by atoms with Crippen molar-refractivity contribution in [3.8, 4) is 6.07 Å². The second kappa shape index (κ2) is 5.91. The van der Waals surface area contributed by atoms with E-state index in [0.717, 1.165) is 30.9 Å². The number of nitriles is 1. The van der Waals surface area contributed by atoms with E-state index < -0.39 is 0 Å². The van der Waals surface area contributed by atoms with Gasteiger partial charge in [0.15, 0.2) is 0 Å². The third kappa shape index (κ3) is 2.75. The minimum atomic E-state index is 0.121. The van der Waals surface area contributed by atoms with Gasteiger partial charge in [0.2, 0.25) is 0 Å². The highest BCUT2D eigenvalue weighted by atomic mass is 16.5. The van der Waals surface area contributed by atoms with Crippen molar-refractivity contribution in [1.82, 2.24) is 24.5 Å². The summed E-state index contributed by atoms with van der Waals surface area (Å²) in [4.78, 5) is 2.34. The molecule has 116 valence electrons. The average Bonchev–Trinajstić information content (AvgIpc) is 3.18. The molecule has 0 spiro atoms. The second-order valence-corrected chi connectivity index (χ2v) is 5.85. The maximum Gasteiger partial charge on any atom is 0.120 e. The van der Waals surface area contributed by atoms with E-state index in [4.69, 9.17) is 10.00 Å². The lowest BCUT2D eigenvalue weighted by atomic mass is 10.0. The number of aryl methyl sites for hydroxylation is 2. The molecule has 3 heterocycles. The van der Waals surface area contributed by atoms with Crippen LogP contribution in [0.3, 0.4) is 0 Å². The van der Waals surface area contributed by atoms with Gasteiger partial charge >= 0.3 is 0 Å². The Hall–Kier alpha value is -2.17. The number of hydrogen-bond donors (Lipinski definition) is 0. The highest BCUT2D eigenvalue weighted by Crippen LogP contribution is 2.29. The fourth-order valence-electron chi connectivity index (χ4n) is 3.13. The van der Waals surface area contributed by atoms with Crippen molar-refractivity contribution in [1.29, 1.82) is 5.26 Å². The van der Waals surface area contributed by atoms with E-state index >= 15 is 0 Å². The topological polar surface area (TPSA) is 71.9 Å². The molecule has 0 bridgehead atoms. The first-order valence-electron chi connectivity index (χ1n) is 7.27. The van der Waals surface area contributed by atoms with Crippen LogP contribution in [0.2, 0.25) is 0 Å². The summed E-state index contributed by atoms with van der Waals surface area (Å²) in [5.74, 6) is 0.234. The predicted octanol–water partition coefficient (Wildman–Crippen LogP) is 0.640. The van der Waals surface area contributed by atoms with Crippen molar-refractivity contribution in [2.75, 3.05) is 20.2 Å². The Morgan fingerprint density at radius 2 is 2.18 bits per heavy atom. The molecule has 7 nitrogen and oxygen atoms in total. The minimum Gasteiger partial charge on any atom is -0.379 e. The van der Waals surface area contributed by atoms with Gasteiger partial charge in [-0.2, -0.15) is 5.26 Å². The van der Waals surface area contributed by atoms with E-state index in [-0.39, 0.29) is 12.0 Å². The molecule has 0 saturated carbocycles. The van der Waals surface area contributed by atoms with Crippen LogP contribution in [0, 0.1) is 11.3 Å². The summed E-state index contributed by atoms with van der Waals surface area (Å²) in [7, 11) is 5.51. The van der Waals surface area contributed by atoms with Gasteiger partial charge in [0.25, 0.3) is 0 Å². The Bertz CT molecular complexity index is 697. The predicted molar refractivity (Wildman–Crippen MR) is 79.9 cm³/mol. The van der Waals surface area contributed by atoms with E-state index in [9.17, 15) is 0 Å². The summed E-state index contributed by atoms with van der Waals surface area (Å²) in [6.07, 6.45) is 4.09. The summed E-state index contributed by atoms with van der Waals surface area (Å²) >= 11 is 0. The summed E-state index contributed by atoms with van der Waals surface area (Å²) < 4.78 is 9.21. The second-order valence-electron chi connectivity index (χ2n) is 5.85. The van der Waals surface area contributed by atoms with Crippen LogP contribution in [-0.4, -0.2) is 50.8 Å². The molecule has 2 atom stereocenters. The van der Waals surface area contributed by atoms with Gasteiger partial charge < -0.3 is 9.30 Å². The van der Waals surface area contributed by atoms with Gasteiger partial charge in [-0.05, 0) is 11.6 Å². The summed E-state index contributed by atoms with van der Waals surface area (Å²) in [6.45, 7) is 2.55. The number of ether oxygens (including phenoxy) is 1. The molecule has 0 radical (unpaired) electrons. The zero-order valence-electron chi connectivity index (χ0n) is 13.1. The third-order valence-corrected chi connectivity index (χ3v) is 4.23. The summed E-state index contributed by atoms with van der Waals surface area (Å²) in [5.41, 5.74) is 2.80. The van der Waals surface area contributed by atoms with Crippen LogP contribution in [0.4, 0.5) is 0 Å². The summed E-state index contributed by atoms with van der Waals surface area (Å²) in [5, 5.41) is 17.3. The molecule has 0 aromatic carbocycles. The smallest absolute Gasteiger partial charge is 0.120 e. The lowest BCUT2D eigenvalue weighted by Gasteiger charge is -2.13. The van der Waals surface area contributed by atoms with Crippen LogP contribution < -0.4 is 0 Å². The zero-order chi connectivity index (χ0) is 15.7. The number of hydrogen-bond acceptors (Lipinski definition) is 5. The normalized spacial score (nSPS) is 22.1. The SMILES string of the molecule is CO[C@@H]1CN(Cc2cc(C#N)n(C)c2)C[C@H]1c1cn(C)nn1. The van der Waals surface area contributed by atoms with Crippen LogP contribution in [-0.2, 0) is 25.4 Å². The first-order chi connectivity index (χ1) is 10.6. The van der Waals surface area contributed by atoms with Gasteiger partial charge in [0.05, 0.1) is 11.8 Å². The molecule has 2 aromatic heterocycles. The molecule has 3 rings (SSSR count). The van der Waals surface area contributed by atoms with Crippen LogP contribution in [0.5, 0.6) is 0 Å². The van der Waals surface area contributed by atoms with Crippen molar-refractivity contribution in [3.05, 3.63) is 35.4 Å². The van der Waals surface area contributed by atoms with Crippen molar-refractivity contribution < 1.29 is 4.74 Å². The lowest BCUT2D eigenvalue weighted by Crippen LogP contribution is -2.22. The molecular weight excluding hydrogens is 280 g/mol. The molecule has 0 N–H and O–H groups in total. The fourth-order valence-corrected chi connectivity index (χ4v) is 3.13. The van der Waals surface area contributed by atoms with Crippen molar-refractivity contribution in [2.45, 2.75) is 18.6 Å². The minimum absolute atomic E-state index is 0.121. The Kier molecular flexibility index (Phi) is 3.96.